The van der Waals surface area contributed by atoms with E-state index in [1.54, 1.807) is 28.9 Å². The summed E-state index contributed by atoms with van der Waals surface area (Å²) in [5.74, 6) is -1.01. The molecular weight excluding hydrogens is 397 g/mol. The average molecular weight is 417 g/mol. The summed E-state index contributed by atoms with van der Waals surface area (Å²) in [6.07, 6.45) is 1.81. The number of nitrogens with one attached hydrogen (secondary N) is 1. The highest BCUT2D eigenvalue weighted by Crippen LogP contribution is 2.29. The molecule has 1 heterocycles. The predicted molar refractivity (Wildman–Crippen MR) is 116 cm³/mol. The van der Waals surface area contributed by atoms with E-state index >= 15 is 0 Å². The van der Waals surface area contributed by atoms with Crippen molar-refractivity contribution in [3.8, 4) is 22.7 Å². The number of carboxylic acid groups (broad SMARTS) is 1. The first-order chi connectivity index (χ1) is 15.0. The van der Waals surface area contributed by atoms with Crippen LogP contribution < -0.4 is 10.1 Å². The lowest BCUT2D eigenvalue weighted by Gasteiger charge is -2.08. The summed E-state index contributed by atoms with van der Waals surface area (Å²) in [6.45, 7) is 0.429. The van der Waals surface area contributed by atoms with Crippen molar-refractivity contribution in [1.82, 2.24) is 9.78 Å². The van der Waals surface area contributed by atoms with Crippen molar-refractivity contribution in [2.24, 2.45) is 0 Å². The summed E-state index contributed by atoms with van der Waals surface area (Å²) in [5, 5.41) is 17.0. The molecule has 0 aliphatic carbocycles. The number of benzene rings is 3. The van der Waals surface area contributed by atoms with Crippen molar-refractivity contribution in [2.45, 2.75) is 6.54 Å². The highest BCUT2D eigenvalue weighted by atomic mass is 19.1. The molecule has 0 unspecified atom stereocenters. The number of hydrogen-bond acceptors (Lipinski definition) is 4. The van der Waals surface area contributed by atoms with Crippen molar-refractivity contribution < 1.29 is 19.0 Å². The van der Waals surface area contributed by atoms with Gasteiger partial charge in [-0.2, -0.15) is 5.10 Å². The summed E-state index contributed by atoms with van der Waals surface area (Å²) >= 11 is 0. The van der Waals surface area contributed by atoms with Crippen LogP contribution in [0.3, 0.4) is 0 Å². The minimum absolute atomic E-state index is 0.184. The van der Waals surface area contributed by atoms with Crippen LogP contribution in [0.2, 0.25) is 0 Å². The molecule has 0 fully saturated rings. The monoisotopic (exact) mass is 417 g/mol. The first kappa shape index (κ1) is 20.2. The average Bonchev–Trinajstić information content (AvgIpc) is 3.22. The van der Waals surface area contributed by atoms with Crippen molar-refractivity contribution in [3.05, 3.63) is 95.9 Å². The predicted octanol–water partition coefficient (Wildman–Crippen LogP) is 5.00. The van der Waals surface area contributed by atoms with Crippen LogP contribution in [0.1, 0.15) is 15.9 Å². The van der Waals surface area contributed by atoms with Gasteiger partial charge in [0.05, 0.1) is 18.4 Å². The molecule has 0 atom stereocenters. The quantitative estimate of drug-likeness (QED) is 0.443. The van der Waals surface area contributed by atoms with Crippen molar-refractivity contribution >= 4 is 11.7 Å². The number of rotatable bonds is 7. The van der Waals surface area contributed by atoms with Gasteiger partial charge in [0.25, 0.3) is 0 Å². The van der Waals surface area contributed by atoms with Gasteiger partial charge in [-0.05, 0) is 48.5 Å². The van der Waals surface area contributed by atoms with Gasteiger partial charge in [-0.1, -0.05) is 18.2 Å². The van der Waals surface area contributed by atoms with Crippen molar-refractivity contribution in [3.63, 3.8) is 0 Å². The normalized spacial score (nSPS) is 10.6. The Morgan fingerprint density at radius 1 is 1.10 bits per heavy atom. The molecule has 0 spiro atoms. The second-order valence-electron chi connectivity index (χ2n) is 6.86. The zero-order valence-corrected chi connectivity index (χ0v) is 16.7. The van der Waals surface area contributed by atoms with Gasteiger partial charge in [0.15, 0.2) is 0 Å². The Morgan fingerprint density at radius 3 is 2.48 bits per heavy atom. The number of carboxylic acids is 1. The van der Waals surface area contributed by atoms with E-state index in [-0.39, 0.29) is 5.56 Å². The second kappa shape index (κ2) is 8.71. The lowest BCUT2D eigenvalue weighted by Crippen LogP contribution is -2.00. The minimum Gasteiger partial charge on any atom is -0.497 e. The molecule has 2 N–H and O–H groups in total. The molecule has 3 aromatic carbocycles. The maximum atomic E-state index is 14.8. The smallest absolute Gasteiger partial charge is 0.335 e. The minimum atomic E-state index is -0.999. The third-order valence-corrected chi connectivity index (χ3v) is 4.86. The number of ether oxygens (including phenoxy) is 1. The highest BCUT2D eigenvalue weighted by molar-refractivity contribution is 5.87. The lowest BCUT2D eigenvalue weighted by atomic mass is 10.1. The number of nitrogens with zero attached hydrogens (tertiary/aromatic N) is 2. The van der Waals surface area contributed by atoms with Crippen LogP contribution in [0, 0.1) is 5.82 Å². The van der Waals surface area contributed by atoms with Crippen molar-refractivity contribution in [1.29, 1.82) is 0 Å². The van der Waals surface area contributed by atoms with Gasteiger partial charge < -0.3 is 15.2 Å². The Bertz CT molecular complexity index is 1200. The van der Waals surface area contributed by atoms with Crippen LogP contribution in [0.4, 0.5) is 10.1 Å². The molecule has 4 rings (SSSR count). The number of carbonyl (C=O) groups is 1. The molecule has 0 radical (unpaired) electrons. The van der Waals surface area contributed by atoms with Gasteiger partial charge in [0, 0.05) is 35.6 Å². The number of aromatic carboxylic acids is 1. The van der Waals surface area contributed by atoms with Gasteiger partial charge in [-0.3, -0.25) is 0 Å². The molecule has 31 heavy (non-hydrogen) atoms. The first-order valence-corrected chi connectivity index (χ1v) is 9.60. The molecule has 0 saturated heterocycles. The van der Waals surface area contributed by atoms with E-state index in [0.29, 0.717) is 29.2 Å². The Balaban J connectivity index is 1.73. The molecule has 4 aromatic rings. The fourth-order valence-electron chi connectivity index (χ4n) is 3.22. The van der Waals surface area contributed by atoms with E-state index in [9.17, 15) is 9.18 Å². The molecule has 0 saturated carbocycles. The summed E-state index contributed by atoms with van der Waals surface area (Å²) in [7, 11) is 1.49. The third-order valence-electron chi connectivity index (χ3n) is 4.86. The van der Waals surface area contributed by atoms with Crippen LogP contribution in [-0.2, 0) is 6.54 Å². The van der Waals surface area contributed by atoms with Gasteiger partial charge in [-0.15, -0.1) is 0 Å². The number of aromatic nitrogens is 2. The van der Waals surface area contributed by atoms with Gasteiger partial charge in [0.1, 0.15) is 17.3 Å². The molecular formula is C24H20FN3O3. The largest absolute Gasteiger partial charge is 0.497 e. The zero-order chi connectivity index (χ0) is 21.8. The summed E-state index contributed by atoms with van der Waals surface area (Å²) in [6, 6.07) is 20.7. The third kappa shape index (κ3) is 4.40. The lowest BCUT2D eigenvalue weighted by molar-refractivity contribution is 0.0697. The Labute approximate surface area is 178 Å². The SMILES string of the molecule is COc1ccc(-c2nn(-c3ccc(C(=O)O)cc3)cc2CNc2ccccc2)c(F)c1. The Hall–Kier alpha value is -4.13. The topological polar surface area (TPSA) is 76.4 Å². The van der Waals surface area contributed by atoms with E-state index in [0.717, 1.165) is 11.3 Å². The van der Waals surface area contributed by atoms with Crippen LogP contribution in [0.15, 0.2) is 79.0 Å². The van der Waals surface area contributed by atoms with E-state index < -0.39 is 11.8 Å². The zero-order valence-electron chi connectivity index (χ0n) is 16.7. The van der Waals surface area contributed by atoms with Crippen LogP contribution in [0.25, 0.3) is 16.9 Å². The van der Waals surface area contributed by atoms with Crippen LogP contribution in [0.5, 0.6) is 5.75 Å². The van der Waals surface area contributed by atoms with Crippen LogP contribution >= 0.6 is 0 Å². The molecule has 1 aromatic heterocycles. The maximum Gasteiger partial charge on any atom is 0.335 e. The number of anilines is 1. The molecule has 6 nitrogen and oxygen atoms in total. The number of methoxy groups -OCH3 is 1. The summed E-state index contributed by atoms with van der Waals surface area (Å²) in [5.41, 5.74) is 3.42. The highest BCUT2D eigenvalue weighted by Gasteiger charge is 2.17. The standard InChI is InChI=1S/C24H20FN3O3/c1-31-20-11-12-21(22(25)13-20)23-17(14-26-18-5-3-2-4-6-18)15-28(27-23)19-9-7-16(8-10-19)24(29)30/h2-13,15,26H,14H2,1H3,(H,29,30). The van der Waals surface area contributed by atoms with Crippen molar-refractivity contribution in [2.75, 3.05) is 12.4 Å². The Kier molecular flexibility index (Phi) is 5.66. The maximum absolute atomic E-state index is 14.8. The fraction of sp³-hybridized carbons (Fsp3) is 0.0833. The number of hydrogen-bond donors (Lipinski definition) is 2. The van der Waals surface area contributed by atoms with Gasteiger partial charge >= 0.3 is 5.97 Å². The molecule has 0 aliphatic heterocycles. The van der Waals surface area contributed by atoms with E-state index in [1.807, 2.05) is 36.5 Å². The van der Waals surface area contributed by atoms with Gasteiger partial charge in [0.2, 0.25) is 0 Å². The molecule has 0 bridgehead atoms. The van der Waals surface area contributed by atoms with E-state index in [1.165, 1.54) is 25.3 Å². The molecule has 7 heteroatoms. The van der Waals surface area contributed by atoms with E-state index in [2.05, 4.69) is 10.4 Å². The van der Waals surface area contributed by atoms with E-state index in [4.69, 9.17) is 9.84 Å². The molecule has 0 amide bonds. The Morgan fingerprint density at radius 2 is 1.84 bits per heavy atom. The summed E-state index contributed by atoms with van der Waals surface area (Å²) < 4.78 is 21.5. The number of para-hydroxylation sites is 1. The first-order valence-electron chi connectivity index (χ1n) is 9.60. The van der Waals surface area contributed by atoms with Crippen LogP contribution in [-0.4, -0.2) is 28.0 Å². The fourth-order valence-corrected chi connectivity index (χ4v) is 3.22. The second-order valence-corrected chi connectivity index (χ2v) is 6.86. The molecule has 0 aliphatic rings. The summed E-state index contributed by atoms with van der Waals surface area (Å²) in [4.78, 5) is 11.1. The number of halogens is 1. The van der Waals surface area contributed by atoms with Gasteiger partial charge in [-0.25, -0.2) is 13.9 Å². The molecule has 156 valence electrons.